The lowest BCUT2D eigenvalue weighted by atomic mass is 10.3. The molecule has 4 nitrogen and oxygen atoms in total. The van der Waals surface area contributed by atoms with Gasteiger partial charge in [-0.2, -0.15) is 0 Å². The third-order valence-electron chi connectivity index (χ3n) is 3.44. The highest BCUT2D eigenvalue weighted by Gasteiger charge is 2.16. The Hall–Kier alpha value is -2.04. The number of hydrogen-bond acceptors (Lipinski definition) is 3. The number of rotatable bonds is 4. The van der Waals surface area contributed by atoms with Gasteiger partial charge in [0.15, 0.2) is 6.61 Å². The summed E-state index contributed by atoms with van der Waals surface area (Å²) in [6, 6.07) is 12.4. The van der Waals surface area contributed by atoms with Gasteiger partial charge in [-0.15, -0.1) is 0 Å². The van der Waals surface area contributed by atoms with E-state index in [4.69, 9.17) is 27.9 Å². The van der Waals surface area contributed by atoms with Crippen molar-refractivity contribution in [1.29, 1.82) is 0 Å². The number of imidazole rings is 1. The molecule has 0 saturated heterocycles. The first-order valence-corrected chi connectivity index (χ1v) is 7.93. The molecule has 0 aliphatic heterocycles. The molecule has 6 heteroatoms. The first-order valence-electron chi connectivity index (χ1n) is 7.17. The number of ether oxygens (including phenoxy) is 1. The lowest BCUT2D eigenvalue weighted by molar-refractivity contribution is 0.0839. The predicted molar refractivity (Wildman–Crippen MR) is 91.7 cm³/mol. The summed E-state index contributed by atoms with van der Waals surface area (Å²) in [4.78, 5) is 17.1. The molecule has 118 valence electrons. The van der Waals surface area contributed by atoms with Crippen molar-refractivity contribution >= 4 is 40.1 Å². The van der Waals surface area contributed by atoms with Gasteiger partial charge in [-0.25, -0.2) is 4.98 Å². The zero-order valence-corrected chi connectivity index (χ0v) is 13.9. The second kappa shape index (κ2) is 6.60. The third-order valence-corrected chi connectivity index (χ3v) is 3.97. The highest BCUT2D eigenvalue weighted by atomic mass is 35.5. The van der Waals surface area contributed by atoms with Gasteiger partial charge in [0, 0.05) is 11.4 Å². The monoisotopic (exact) mass is 348 g/mol. The molecule has 3 aromatic rings. The number of benzene rings is 2. The second-order valence-corrected chi connectivity index (χ2v) is 5.81. The van der Waals surface area contributed by atoms with E-state index < -0.39 is 0 Å². The van der Waals surface area contributed by atoms with Gasteiger partial charge in [0.05, 0.1) is 16.1 Å². The first-order chi connectivity index (χ1) is 11.1. The SMILES string of the molecule is CCc1nc2ccccc2n1C(=O)COc1ccc(Cl)cc1Cl. The average molecular weight is 349 g/mol. The number of fused-ring (bicyclic) bond motifs is 1. The largest absolute Gasteiger partial charge is 0.482 e. The highest BCUT2D eigenvalue weighted by Crippen LogP contribution is 2.27. The fraction of sp³-hybridized carbons (Fsp3) is 0.176. The van der Waals surface area contributed by atoms with Gasteiger partial charge < -0.3 is 4.74 Å². The van der Waals surface area contributed by atoms with E-state index in [2.05, 4.69) is 4.98 Å². The van der Waals surface area contributed by atoms with Crippen LogP contribution in [0.25, 0.3) is 11.0 Å². The molecule has 1 heterocycles. The summed E-state index contributed by atoms with van der Waals surface area (Å²) in [5, 5.41) is 0.888. The van der Waals surface area contributed by atoms with Crippen molar-refractivity contribution in [2.45, 2.75) is 13.3 Å². The van der Waals surface area contributed by atoms with Crippen molar-refractivity contribution in [1.82, 2.24) is 9.55 Å². The standard InChI is InChI=1S/C17H14Cl2N2O2/c1-2-16-20-13-5-3-4-6-14(13)21(16)17(22)10-23-15-8-7-11(18)9-12(15)19/h3-9H,2,10H2,1H3. The van der Waals surface area contributed by atoms with E-state index >= 15 is 0 Å². The molecule has 0 fully saturated rings. The summed E-state index contributed by atoms with van der Waals surface area (Å²) in [5.74, 6) is 0.940. The minimum Gasteiger partial charge on any atom is -0.482 e. The maximum atomic E-state index is 12.6. The number of hydrogen-bond donors (Lipinski definition) is 0. The molecular formula is C17H14Cl2N2O2. The summed E-state index contributed by atoms with van der Waals surface area (Å²) in [6.07, 6.45) is 0.655. The normalized spacial score (nSPS) is 10.9. The van der Waals surface area contributed by atoms with Crippen LogP contribution in [0.1, 0.15) is 17.5 Å². The fourth-order valence-electron chi connectivity index (χ4n) is 2.39. The molecule has 0 saturated carbocycles. The van der Waals surface area contributed by atoms with E-state index in [1.54, 1.807) is 22.8 Å². The van der Waals surface area contributed by atoms with E-state index in [1.165, 1.54) is 0 Å². The van der Waals surface area contributed by atoms with Crippen molar-refractivity contribution in [3.63, 3.8) is 0 Å². The zero-order valence-electron chi connectivity index (χ0n) is 12.4. The molecule has 0 aliphatic carbocycles. The van der Waals surface area contributed by atoms with Gasteiger partial charge in [-0.1, -0.05) is 42.3 Å². The Bertz CT molecular complexity index is 874. The van der Waals surface area contributed by atoms with E-state index in [0.29, 0.717) is 28.0 Å². The van der Waals surface area contributed by atoms with Crippen molar-refractivity contribution < 1.29 is 9.53 Å². The zero-order chi connectivity index (χ0) is 16.4. The van der Waals surface area contributed by atoms with Crippen LogP contribution in [0, 0.1) is 0 Å². The van der Waals surface area contributed by atoms with Gasteiger partial charge in [-0.3, -0.25) is 9.36 Å². The topological polar surface area (TPSA) is 44.1 Å². The molecule has 0 N–H and O–H groups in total. The Morgan fingerprint density at radius 2 is 2.00 bits per heavy atom. The van der Waals surface area contributed by atoms with Crippen LogP contribution < -0.4 is 4.74 Å². The molecule has 0 atom stereocenters. The Morgan fingerprint density at radius 1 is 1.22 bits per heavy atom. The van der Waals surface area contributed by atoms with Crippen LogP contribution in [0.15, 0.2) is 42.5 Å². The van der Waals surface area contributed by atoms with Crippen LogP contribution >= 0.6 is 23.2 Å². The van der Waals surface area contributed by atoms with E-state index in [-0.39, 0.29) is 12.5 Å². The smallest absolute Gasteiger partial charge is 0.270 e. The number of aryl methyl sites for hydroxylation is 1. The molecule has 0 bridgehead atoms. The number of carbonyl (C=O) groups is 1. The summed E-state index contributed by atoms with van der Waals surface area (Å²) in [5.41, 5.74) is 1.57. The minimum atomic E-state index is -0.193. The fourth-order valence-corrected chi connectivity index (χ4v) is 2.85. The predicted octanol–water partition coefficient (Wildman–Crippen LogP) is 4.62. The van der Waals surface area contributed by atoms with Crippen LogP contribution in [0.2, 0.25) is 10.0 Å². The maximum absolute atomic E-state index is 12.6. The number of carbonyl (C=O) groups excluding carboxylic acids is 1. The average Bonchev–Trinajstić information content (AvgIpc) is 2.92. The molecule has 2 aromatic carbocycles. The molecule has 23 heavy (non-hydrogen) atoms. The van der Waals surface area contributed by atoms with Crippen molar-refractivity contribution in [2.75, 3.05) is 6.61 Å². The molecule has 1 aromatic heterocycles. The summed E-state index contributed by atoms with van der Waals surface area (Å²) in [6.45, 7) is 1.83. The third kappa shape index (κ3) is 3.19. The lowest BCUT2D eigenvalue weighted by Gasteiger charge is -2.10. The van der Waals surface area contributed by atoms with Gasteiger partial charge in [-0.05, 0) is 30.3 Å². The van der Waals surface area contributed by atoms with Crippen molar-refractivity contribution in [3.8, 4) is 5.75 Å². The summed E-state index contributed by atoms with van der Waals surface area (Å²) in [7, 11) is 0. The lowest BCUT2D eigenvalue weighted by Crippen LogP contribution is -2.21. The van der Waals surface area contributed by atoms with Crippen molar-refractivity contribution in [2.24, 2.45) is 0 Å². The van der Waals surface area contributed by atoms with Gasteiger partial charge in [0.2, 0.25) is 0 Å². The van der Waals surface area contributed by atoms with Crippen LogP contribution in [0.4, 0.5) is 0 Å². The van der Waals surface area contributed by atoms with Gasteiger partial charge in [0.25, 0.3) is 5.91 Å². The number of halogens is 2. The molecule has 3 rings (SSSR count). The van der Waals surface area contributed by atoms with E-state index in [9.17, 15) is 4.79 Å². The molecular weight excluding hydrogens is 335 g/mol. The molecule has 0 amide bonds. The summed E-state index contributed by atoms with van der Waals surface area (Å²) >= 11 is 11.9. The van der Waals surface area contributed by atoms with Crippen LogP contribution in [0.5, 0.6) is 5.75 Å². The molecule has 0 unspecified atom stereocenters. The Kier molecular flexibility index (Phi) is 4.55. The number of aromatic nitrogens is 2. The van der Waals surface area contributed by atoms with Gasteiger partial charge in [0.1, 0.15) is 11.6 Å². The first kappa shape index (κ1) is 15.8. The maximum Gasteiger partial charge on any atom is 0.270 e. The van der Waals surface area contributed by atoms with Crippen LogP contribution in [-0.2, 0) is 6.42 Å². The molecule has 0 aliphatic rings. The second-order valence-electron chi connectivity index (χ2n) is 4.96. The molecule has 0 spiro atoms. The van der Waals surface area contributed by atoms with Gasteiger partial charge >= 0.3 is 0 Å². The van der Waals surface area contributed by atoms with E-state index in [1.807, 2.05) is 31.2 Å². The van der Waals surface area contributed by atoms with Crippen LogP contribution in [-0.4, -0.2) is 22.1 Å². The Morgan fingerprint density at radius 3 is 2.74 bits per heavy atom. The Labute approximate surface area is 143 Å². The van der Waals surface area contributed by atoms with E-state index in [0.717, 1.165) is 11.0 Å². The minimum absolute atomic E-state index is 0.130. The number of nitrogens with zero attached hydrogens (tertiary/aromatic N) is 2. The summed E-state index contributed by atoms with van der Waals surface area (Å²) < 4.78 is 7.13. The quantitative estimate of drug-likeness (QED) is 0.690. The number of para-hydroxylation sites is 2. The molecule has 0 radical (unpaired) electrons. The highest BCUT2D eigenvalue weighted by molar-refractivity contribution is 6.35. The van der Waals surface area contributed by atoms with Crippen molar-refractivity contribution in [3.05, 3.63) is 58.3 Å². The van der Waals surface area contributed by atoms with Crippen LogP contribution in [0.3, 0.4) is 0 Å². The Balaban J connectivity index is 1.86.